The number of amides is 1. The van der Waals surface area contributed by atoms with E-state index in [4.69, 9.17) is 0 Å². The second kappa shape index (κ2) is 6.49. The first-order chi connectivity index (χ1) is 8.45. The van der Waals surface area contributed by atoms with Gasteiger partial charge in [-0.25, -0.2) is 4.39 Å². The minimum Gasteiger partial charge on any atom is -0.469 e. The Morgan fingerprint density at radius 1 is 1.44 bits per heavy atom. The summed E-state index contributed by atoms with van der Waals surface area (Å²) in [6, 6.07) is 4.02. The van der Waals surface area contributed by atoms with Crippen LogP contribution in [-0.2, 0) is 9.53 Å². The summed E-state index contributed by atoms with van der Waals surface area (Å²) in [5.74, 6) is -1.08. The van der Waals surface area contributed by atoms with E-state index in [1.54, 1.807) is 7.05 Å². The van der Waals surface area contributed by atoms with E-state index >= 15 is 0 Å². The highest BCUT2D eigenvalue weighted by Crippen LogP contribution is 2.17. The van der Waals surface area contributed by atoms with Gasteiger partial charge in [-0.3, -0.25) is 9.59 Å². The van der Waals surface area contributed by atoms with Gasteiger partial charge in [-0.2, -0.15) is 0 Å². The first-order valence-electron chi connectivity index (χ1n) is 5.23. The molecule has 98 valence electrons. The maximum atomic E-state index is 13.0. The molecule has 1 rings (SSSR count). The molecule has 0 aromatic heterocycles. The number of carbonyl (C=O) groups is 2. The number of carbonyl (C=O) groups excluding carboxylic acids is 2. The molecule has 0 aliphatic heterocycles. The highest BCUT2D eigenvalue weighted by molar-refractivity contribution is 9.10. The standard InChI is InChI=1S/C12H13BrFNO3/c1-15(6-5-11(16)18-2)12(17)8-3-4-10(14)9(13)7-8/h3-4,7H,5-6H2,1-2H3. The molecule has 0 bridgehead atoms. The van der Waals surface area contributed by atoms with Crippen molar-refractivity contribution in [2.45, 2.75) is 6.42 Å². The smallest absolute Gasteiger partial charge is 0.307 e. The van der Waals surface area contributed by atoms with E-state index in [1.807, 2.05) is 0 Å². The zero-order valence-corrected chi connectivity index (χ0v) is 11.7. The van der Waals surface area contributed by atoms with E-state index in [1.165, 1.54) is 30.2 Å². The summed E-state index contributed by atoms with van der Waals surface area (Å²) < 4.78 is 17.7. The minimum atomic E-state index is -0.427. The lowest BCUT2D eigenvalue weighted by atomic mass is 10.2. The van der Waals surface area contributed by atoms with Gasteiger partial charge in [0, 0.05) is 19.2 Å². The topological polar surface area (TPSA) is 46.6 Å². The van der Waals surface area contributed by atoms with E-state index in [0.29, 0.717) is 5.56 Å². The molecule has 1 aromatic carbocycles. The fraction of sp³-hybridized carbons (Fsp3) is 0.333. The first kappa shape index (κ1) is 14.6. The summed E-state index contributed by atoms with van der Waals surface area (Å²) in [7, 11) is 2.86. The molecule has 0 N–H and O–H groups in total. The average Bonchev–Trinajstić information content (AvgIpc) is 2.37. The Bertz CT molecular complexity index is 465. The zero-order chi connectivity index (χ0) is 13.7. The van der Waals surface area contributed by atoms with Crippen molar-refractivity contribution in [2.24, 2.45) is 0 Å². The number of hydrogen-bond donors (Lipinski definition) is 0. The first-order valence-corrected chi connectivity index (χ1v) is 6.02. The molecule has 0 fully saturated rings. The molecule has 0 radical (unpaired) electrons. The van der Waals surface area contributed by atoms with Gasteiger partial charge in [-0.1, -0.05) is 0 Å². The van der Waals surface area contributed by atoms with Crippen molar-refractivity contribution in [1.82, 2.24) is 4.90 Å². The number of nitrogens with zero attached hydrogens (tertiary/aromatic N) is 1. The van der Waals surface area contributed by atoms with Crippen molar-refractivity contribution in [3.63, 3.8) is 0 Å². The summed E-state index contributed by atoms with van der Waals surface area (Å²) in [4.78, 5) is 24.3. The molecule has 4 nitrogen and oxygen atoms in total. The molecule has 1 amide bonds. The average molecular weight is 318 g/mol. The molecule has 0 aliphatic rings. The zero-order valence-electron chi connectivity index (χ0n) is 10.1. The van der Waals surface area contributed by atoms with E-state index < -0.39 is 5.82 Å². The van der Waals surface area contributed by atoms with E-state index in [2.05, 4.69) is 20.7 Å². The molecule has 0 heterocycles. The van der Waals surface area contributed by atoms with Crippen LogP contribution in [-0.4, -0.2) is 37.5 Å². The number of hydrogen-bond acceptors (Lipinski definition) is 3. The Morgan fingerprint density at radius 3 is 2.67 bits per heavy atom. The van der Waals surface area contributed by atoms with Crippen LogP contribution in [0.2, 0.25) is 0 Å². The number of esters is 1. The molecular formula is C12H13BrFNO3. The van der Waals surface area contributed by atoms with Gasteiger partial charge >= 0.3 is 5.97 Å². The summed E-state index contributed by atoms with van der Waals surface area (Å²) in [6.45, 7) is 0.250. The second-order valence-electron chi connectivity index (χ2n) is 3.68. The van der Waals surface area contributed by atoms with Crippen LogP contribution in [0.25, 0.3) is 0 Å². The van der Waals surface area contributed by atoms with Gasteiger partial charge in [0.25, 0.3) is 5.91 Å². The van der Waals surface area contributed by atoms with Gasteiger partial charge in [0.05, 0.1) is 18.0 Å². The van der Waals surface area contributed by atoms with Crippen molar-refractivity contribution >= 4 is 27.8 Å². The third kappa shape index (κ3) is 3.80. The molecule has 0 unspecified atom stereocenters. The highest BCUT2D eigenvalue weighted by Gasteiger charge is 2.14. The fourth-order valence-corrected chi connectivity index (χ4v) is 1.69. The van der Waals surface area contributed by atoms with Crippen molar-refractivity contribution in [1.29, 1.82) is 0 Å². The van der Waals surface area contributed by atoms with E-state index in [0.717, 1.165) is 0 Å². The Balaban J connectivity index is 2.68. The van der Waals surface area contributed by atoms with Gasteiger partial charge in [0.15, 0.2) is 0 Å². The van der Waals surface area contributed by atoms with Crippen LogP contribution in [0.5, 0.6) is 0 Å². The molecule has 0 aliphatic carbocycles. The Labute approximate surface area is 113 Å². The van der Waals surface area contributed by atoms with Crippen molar-refractivity contribution in [3.05, 3.63) is 34.1 Å². The molecule has 1 aromatic rings. The monoisotopic (exact) mass is 317 g/mol. The van der Waals surface area contributed by atoms with Gasteiger partial charge in [-0.05, 0) is 34.1 Å². The van der Waals surface area contributed by atoms with Crippen LogP contribution in [0.4, 0.5) is 4.39 Å². The SMILES string of the molecule is COC(=O)CCN(C)C(=O)c1ccc(F)c(Br)c1. The summed E-state index contributed by atoms with van der Waals surface area (Å²) >= 11 is 3.02. The summed E-state index contributed by atoms with van der Waals surface area (Å²) in [5, 5.41) is 0. The van der Waals surface area contributed by atoms with Crippen LogP contribution < -0.4 is 0 Å². The quantitative estimate of drug-likeness (QED) is 0.800. The summed E-state index contributed by atoms with van der Waals surface area (Å²) in [5.41, 5.74) is 0.357. The van der Waals surface area contributed by atoms with Gasteiger partial charge in [-0.15, -0.1) is 0 Å². The van der Waals surface area contributed by atoms with Crippen LogP contribution >= 0.6 is 15.9 Å². The maximum absolute atomic E-state index is 13.0. The highest BCUT2D eigenvalue weighted by atomic mass is 79.9. The number of benzene rings is 1. The molecule has 0 saturated heterocycles. The molecule has 0 atom stereocenters. The number of methoxy groups -OCH3 is 1. The lowest BCUT2D eigenvalue weighted by Crippen LogP contribution is -2.29. The lowest BCUT2D eigenvalue weighted by Gasteiger charge is -2.16. The maximum Gasteiger partial charge on any atom is 0.307 e. The molecule has 18 heavy (non-hydrogen) atoms. The van der Waals surface area contributed by atoms with E-state index in [9.17, 15) is 14.0 Å². The van der Waals surface area contributed by atoms with Crippen LogP contribution in [0.3, 0.4) is 0 Å². The largest absolute Gasteiger partial charge is 0.469 e. The summed E-state index contributed by atoms with van der Waals surface area (Å²) in [6.07, 6.45) is 0.126. The van der Waals surface area contributed by atoms with Gasteiger partial charge in [0.1, 0.15) is 5.82 Å². The van der Waals surface area contributed by atoms with Crippen molar-refractivity contribution in [3.8, 4) is 0 Å². The number of rotatable bonds is 4. The fourth-order valence-electron chi connectivity index (χ4n) is 1.31. The van der Waals surface area contributed by atoms with Crippen molar-refractivity contribution in [2.75, 3.05) is 20.7 Å². The Morgan fingerprint density at radius 2 is 2.11 bits per heavy atom. The van der Waals surface area contributed by atoms with E-state index in [-0.39, 0.29) is 29.3 Å². The third-order valence-corrected chi connectivity index (χ3v) is 3.00. The molecule has 0 saturated carbocycles. The normalized spacial score (nSPS) is 10.0. The Kier molecular flexibility index (Phi) is 5.27. The lowest BCUT2D eigenvalue weighted by molar-refractivity contribution is -0.140. The second-order valence-corrected chi connectivity index (χ2v) is 4.54. The third-order valence-electron chi connectivity index (χ3n) is 2.39. The van der Waals surface area contributed by atoms with Crippen molar-refractivity contribution < 1.29 is 18.7 Å². The van der Waals surface area contributed by atoms with Crippen LogP contribution in [0.1, 0.15) is 16.8 Å². The molecular weight excluding hydrogens is 305 g/mol. The van der Waals surface area contributed by atoms with Gasteiger partial charge < -0.3 is 9.64 Å². The number of halogens is 2. The minimum absolute atomic E-state index is 0.126. The van der Waals surface area contributed by atoms with Crippen LogP contribution in [0.15, 0.2) is 22.7 Å². The molecule has 0 spiro atoms. The Hall–Kier alpha value is -1.43. The predicted octanol–water partition coefficient (Wildman–Crippen LogP) is 2.22. The van der Waals surface area contributed by atoms with Crippen LogP contribution in [0, 0.1) is 5.82 Å². The number of ether oxygens (including phenoxy) is 1. The van der Waals surface area contributed by atoms with Gasteiger partial charge in [0.2, 0.25) is 0 Å². The molecule has 6 heteroatoms. The predicted molar refractivity (Wildman–Crippen MR) is 67.7 cm³/mol.